The van der Waals surface area contributed by atoms with Crippen LogP contribution in [0.1, 0.15) is 55.7 Å². The number of hydrogen-bond acceptors (Lipinski definition) is 6. The number of hydrogen-bond donors (Lipinski definition) is 1. The summed E-state index contributed by atoms with van der Waals surface area (Å²) in [5, 5.41) is 6.93. The van der Waals surface area contributed by atoms with Gasteiger partial charge in [-0.05, 0) is 49.8 Å². The van der Waals surface area contributed by atoms with E-state index >= 15 is 0 Å². The van der Waals surface area contributed by atoms with Crippen molar-refractivity contribution in [2.75, 3.05) is 6.61 Å². The third kappa shape index (κ3) is 6.32. The molecule has 0 aliphatic heterocycles. The van der Waals surface area contributed by atoms with E-state index in [-0.39, 0.29) is 25.0 Å². The van der Waals surface area contributed by atoms with Crippen LogP contribution < -0.4 is 10.1 Å². The molecule has 3 rings (SSSR count). The maximum absolute atomic E-state index is 12.2. The van der Waals surface area contributed by atoms with Crippen LogP contribution in [0.25, 0.3) is 0 Å². The van der Waals surface area contributed by atoms with Crippen LogP contribution in [0, 0.1) is 25.7 Å². The fourth-order valence-electron chi connectivity index (χ4n) is 3.96. The lowest BCUT2D eigenvalue weighted by molar-refractivity contribution is -0.148. The summed E-state index contributed by atoms with van der Waals surface area (Å²) in [7, 11) is 0. The lowest BCUT2D eigenvalue weighted by atomic mass is 9.78. The molecular formula is C24H32N2O5. The summed E-state index contributed by atoms with van der Waals surface area (Å²) in [6.07, 6.45) is 3.41. The summed E-state index contributed by atoms with van der Waals surface area (Å²) in [5.41, 5.74) is 2.54. The molecule has 1 aromatic heterocycles. The second kappa shape index (κ2) is 10.5. The van der Waals surface area contributed by atoms with E-state index in [1.54, 1.807) is 12.1 Å². The lowest BCUT2D eigenvalue weighted by Gasteiger charge is -2.34. The largest absolute Gasteiger partial charge is 0.489 e. The van der Waals surface area contributed by atoms with E-state index in [0.717, 1.165) is 35.4 Å². The number of ether oxygens (including phenoxy) is 2. The molecule has 0 unspecified atom stereocenters. The van der Waals surface area contributed by atoms with E-state index in [9.17, 15) is 9.59 Å². The van der Waals surface area contributed by atoms with E-state index < -0.39 is 5.97 Å². The van der Waals surface area contributed by atoms with Crippen molar-refractivity contribution in [1.82, 2.24) is 10.5 Å². The zero-order valence-electron chi connectivity index (χ0n) is 18.8. The number of aromatic nitrogens is 1. The van der Waals surface area contributed by atoms with Gasteiger partial charge in [0.05, 0.1) is 17.7 Å². The molecule has 0 bridgehead atoms. The molecule has 31 heavy (non-hydrogen) atoms. The molecule has 2 aromatic rings. The lowest BCUT2D eigenvalue weighted by Crippen LogP contribution is -2.45. The minimum atomic E-state index is -0.426. The number of rotatable bonds is 8. The smallest absolute Gasteiger partial charge is 0.310 e. The molecule has 0 radical (unpaired) electrons. The Hall–Kier alpha value is -2.83. The van der Waals surface area contributed by atoms with E-state index in [1.165, 1.54) is 6.42 Å². The first-order chi connectivity index (χ1) is 14.8. The molecule has 1 aliphatic carbocycles. The summed E-state index contributed by atoms with van der Waals surface area (Å²) in [6, 6.07) is 7.40. The van der Waals surface area contributed by atoms with E-state index in [4.69, 9.17) is 14.0 Å². The molecule has 1 fully saturated rings. The quantitative estimate of drug-likeness (QED) is 0.642. The topological polar surface area (TPSA) is 90.7 Å². The fourth-order valence-corrected chi connectivity index (χ4v) is 3.96. The van der Waals surface area contributed by atoms with Gasteiger partial charge in [0.2, 0.25) is 0 Å². The molecule has 3 atom stereocenters. The molecule has 1 aliphatic rings. The van der Waals surface area contributed by atoms with Crippen molar-refractivity contribution in [2.45, 2.75) is 66.0 Å². The van der Waals surface area contributed by atoms with Crippen molar-refractivity contribution in [3.63, 3.8) is 0 Å². The van der Waals surface area contributed by atoms with Crippen LogP contribution in [-0.4, -0.2) is 29.7 Å². The summed E-state index contributed by atoms with van der Waals surface area (Å²) in [6.45, 7) is 8.24. The Bertz CT molecular complexity index is 870. The normalized spacial score (nSPS) is 20.8. The van der Waals surface area contributed by atoms with Gasteiger partial charge in [-0.3, -0.25) is 9.59 Å². The molecule has 0 saturated heterocycles. The molecule has 1 N–H and O–H groups in total. The molecule has 1 amide bonds. The first-order valence-electron chi connectivity index (χ1n) is 10.9. The van der Waals surface area contributed by atoms with Gasteiger partial charge < -0.3 is 19.3 Å². The maximum atomic E-state index is 12.2. The highest BCUT2D eigenvalue weighted by Gasteiger charge is 2.28. The van der Waals surface area contributed by atoms with Gasteiger partial charge in [-0.25, -0.2) is 0 Å². The van der Waals surface area contributed by atoms with E-state index in [2.05, 4.69) is 24.3 Å². The standard InChI is InChI=1S/C24H32N2O5/c1-15-6-5-7-22(16(15)2)25-23(27)14-30-24(28)12-19-8-10-20(11-9-19)29-13-21-17(3)26-31-18(21)4/h8-11,15-16,22H,5-7,12-14H2,1-4H3,(H,25,27)/t15-,16-,22+/m0/s1. The number of carbonyl (C=O) groups excluding carboxylic acids is 2. The van der Waals surface area contributed by atoms with Crippen molar-refractivity contribution in [1.29, 1.82) is 0 Å². The number of benzene rings is 1. The SMILES string of the molecule is Cc1noc(C)c1COc1ccc(CC(=O)OCC(=O)N[C@@H]2CCC[C@H](C)[C@@H]2C)cc1. The Kier molecular flexibility index (Phi) is 7.71. The Labute approximate surface area is 183 Å². The monoisotopic (exact) mass is 428 g/mol. The predicted octanol–water partition coefficient (Wildman–Crippen LogP) is 3.90. The number of amides is 1. The van der Waals surface area contributed by atoms with Gasteiger partial charge in [0.1, 0.15) is 18.1 Å². The number of carbonyl (C=O) groups is 2. The molecule has 1 aromatic carbocycles. The summed E-state index contributed by atoms with van der Waals surface area (Å²) < 4.78 is 16.1. The third-order valence-electron chi connectivity index (χ3n) is 6.25. The molecule has 0 spiro atoms. The van der Waals surface area contributed by atoms with Crippen molar-refractivity contribution in [2.24, 2.45) is 11.8 Å². The fraction of sp³-hybridized carbons (Fsp3) is 0.542. The van der Waals surface area contributed by atoms with Gasteiger partial charge >= 0.3 is 5.97 Å². The van der Waals surface area contributed by atoms with Crippen molar-refractivity contribution < 1.29 is 23.6 Å². The highest BCUT2D eigenvalue weighted by molar-refractivity contribution is 5.81. The highest BCUT2D eigenvalue weighted by Crippen LogP contribution is 2.29. The van der Waals surface area contributed by atoms with Gasteiger partial charge in [0, 0.05) is 6.04 Å². The molecule has 7 nitrogen and oxygen atoms in total. The van der Waals surface area contributed by atoms with Crippen LogP contribution in [0.4, 0.5) is 0 Å². The summed E-state index contributed by atoms with van der Waals surface area (Å²) in [4.78, 5) is 24.3. The Morgan fingerprint density at radius 1 is 1.16 bits per heavy atom. The van der Waals surface area contributed by atoms with Crippen molar-refractivity contribution in [3.05, 3.63) is 46.8 Å². The zero-order valence-corrected chi connectivity index (χ0v) is 18.8. The van der Waals surface area contributed by atoms with Gasteiger partial charge in [-0.1, -0.05) is 44.0 Å². The average Bonchev–Trinajstić information content (AvgIpc) is 3.07. The maximum Gasteiger partial charge on any atom is 0.310 e. The molecule has 168 valence electrons. The zero-order chi connectivity index (χ0) is 22.4. The van der Waals surface area contributed by atoms with Crippen LogP contribution in [0.15, 0.2) is 28.8 Å². The molecule has 1 saturated carbocycles. The molecule has 7 heteroatoms. The van der Waals surface area contributed by atoms with Crippen LogP contribution in [0.2, 0.25) is 0 Å². The van der Waals surface area contributed by atoms with Gasteiger partial charge in [-0.2, -0.15) is 0 Å². The third-order valence-corrected chi connectivity index (χ3v) is 6.25. The van der Waals surface area contributed by atoms with Crippen LogP contribution >= 0.6 is 0 Å². The first kappa shape index (κ1) is 22.8. The van der Waals surface area contributed by atoms with Gasteiger partial charge in [0.25, 0.3) is 5.91 Å². The Morgan fingerprint density at radius 3 is 2.58 bits per heavy atom. The number of nitrogens with one attached hydrogen (secondary N) is 1. The van der Waals surface area contributed by atoms with E-state index in [0.29, 0.717) is 24.2 Å². The number of aryl methyl sites for hydroxylation is 2. The Morgan fingerprint density at radius 2 is 1.90 bits per heavy atom. The molecular weight excluding hydrogens is 396 g/mol. The first-order valence-corrected chi connectivity index (χ1v) is 10.9. The number of esters is 1. The summed E-state index contributed by atoms with van der Waals surface area (Å²) >= 11 is 0. The minimum absolute atomic E-state index is 0.105. The minimum Gasteiger partial charge on any atom is -0.489 e. The van der Waals surface area contributed by atoms with Crippen LogP contribution in [-0.2, 0) is 27.4 Å². The Balaban J connectivity index is 1.40. The van der Waals surface area contributed by atoms with E-state index in [1.807, 2.05) is 26.0 Å². The second-order valence-electron chi connectivity index (χ2n) is 8.51. The average molecular weight is 429 g/mol. The highest BCUT2D eigenvalue weighted by atomic mass is 16.5. The predicted molar refractivity (Wildman–Crippen MR) is 116 cm³/mol. The second-order valence-corrected chi connectivity index (χ2v) is 8.51. The van der Waals surface area contributed by atoms with Crippen LogP contribution in [0.5, 0.6) is 5.75 Å². The van der Waals surface area contributed by atoms with Crippen molar-refractivity contribution in [3.8, 4) is 5.75 Å². The van der Waals surface area contributed by atoms with Crippen LogP contribution in [0.3, 0.4) is 0 Å². The van der Waals surface area contributed by atoms with Gasteiger partial charge in [-0.15, -0.1) is 0 Å². The summed E-state index contributed by atoms with van der Waals surface area (Å²) in [5.74, 6) is 1.80. The van der Waals surface area contributed by atoms with Crippen molar-refractivity contribution >= 4 is 11.9 Å². The number of nitrogens with zero attached hydrogens (tertiary/aromatic N) is 1. The molecule has 1 heterocycles. The van der Waals surface area contributed by atoms with Gasteiger partial charge in [0.15, 0.2) is 6.61 Å².